The zero-order valence-electron chi connectivity index (χ0n) is 12.2. The van der Waals surface area contributed by atoms with Crippen molar-refractivity contribution in [1.82, 2.24) is 4.98 Å². The first-order valence-electron chi connectivity index (χ1n) is 7.30. The van der Waals surface area contributed by atoms with E-state index >= 15 is 0 Å². The molecule has 4 rings (SSSR count). The highest BCUT2D eigenvalue weighted by Crippen LogP contribution is 2.21. The fourth-order valence-corrected chi connectivity index (χ4v) is 2.52. The molecule has 0 saturated carbocycles. The average Bonchev–Trinajstić information content (AvgIpc) is 2.59. The summed E-state index contributed by atoms with van der Waals surface area (Å²) >= 11 is 0. The minimum Gasteiger partial charge on any atom is -0.445 e. The maximum atomic E-state index is 12.2. The largest absolute Gasteiger partial charge is 0.445 e. The first kappa shape index (κ1) is 13.5. The highest BCUT2D eigenvalue weighted by atomic mass is 16.6. The summed E-state index contributed by atoms with van der Waals surface area (Å²) in [7, 11) is 0. The van der Waals surface area contributed by atoms with Gasteiger partial charge in [0.2, 0.25) is 0 Å². The number of ether oxygens (including phenoxy) is 1. The summed E-state index contributed by atoms with van der Waals surface area (Å²) < 4.78 is 10.7. The molecule has 0 fully saturated rings. The highest BCUT2D eigenvalue weighted by molar-refractivity contribution is 5.95. The Morgan fingerprint density at radius 2 is 1.61 bits per heavy atom. The third kappa shape index (κ3) is 2.66. The molecule has 0 radical (unpaired) electrons. The Bertz CT molecular complexity index is 1040. The van der Waals surface area contributed by atoms with E-state index in [4.69, 9.17) is 9.15 Å². The number of hydrogen-bond donors (Lipinski definition) is 0. The number of nitrogens with zero attached hydrogens (tertiary/aromatic N) is 1. The number of rotatable bonds is 3. The van der Waals surface area contributed by atoms with Gasteiger partial charge in [0.15, 0.2) is 0 Å². The van der Waals surface area contributed by atoms with Crippen LogP contribution in [0.2, 0.25) is 0 Å². The fourth-order valence-electron chi connectivity index (χ4n) is 2.52. The summed E-state index contributed by atoms with van der Waals surface area (Å²) in [6.45, 7) is 0.301. The lowest BCUT2D eigenvalue weighted by atomic mass is 10.1. The fraction of sp³-hybridized carbons (Fsp3) is 0.0526. The van der Waals surface area contributed by atoms with Crippen molar-refractivity contribution in [2.24, 2.45) is 0 Å². The van der Waals surface area contributed by atoms with Crippen LogP contribution in [-0.2, 0) is 6.61 Å². The van der Waals surface area contributed by atoms with Crippen molar-refractivity contribution in [2.75, 3.05) is 0 Å². The SMILES string of the molecule is O=c1oc(OCc2ccccc2)nc2cc3ccccc3cc12. The molecule has 3 aromatic carbocycles. The van der Waals surface area contributed by atoms with Gasteiger partial charge >= 0.3 is 11.7 Å². The van der Waals surface area contributed by atoms with Crippen LogP contribution in [0.3, 0.4) is 0 Å². The Labute approximate surface area is 132 Å². The van der Waals surface area contributed by atoms with Crippen LogP contribution in [0.25, 0.3) is 21.7 Å². The smallest absolute Gasteiger partial charge is 0.397 e. The van der Waals surface area contributed by atoms with Crippen molar-refractivity contribution in [3.8, 4) is 6.08 Å². The van der Waals surface area contributed by atoms with Crippen LogP contribution in [0.1, 0.15) is 5.56 Å². The van der Waals surface area contributed by atoms with Crippen molar-refractivity contribution in [1.29, 1.82) is 0 Å². The van der Waals surface area contributed by atoms with E-state index in [2.05, 4.69) is 4.98 Å². The molecule has 0 amide bonds. The molecule has 4 heteroatoms. The Morgan fingerprint density at radius 1 is 0.913 bits per heavy atom. The molecule has 4 nitrogen and oxygen atoms in total. The summed E-state index contributed by atoms with van der Waals surface area (Å²) in [5.74, 6) is 0. The molecule has 4 aromatic rings. The van der Waals surface area contributed by atoms with Crippen LogP contribution < -0.4 is 10.4 Å². The van der Waals surface area contributed by atoms with Gasteiger partial charge in [0.25, 0.3) is 0 Å². The lowest BCUT2D eigenvalue weighted by Crippen LogP contribution is -2.05. The first-order chi connectivity index (χ1) is 11.3. The van der Waals surface area contributed by atoms with Crippen LogP contribution in [-0.4, -0.2) is 4.98 Å². The topological polar surface area (TPSA) is 52.3 Å². The number of fused-ring (bicyclic) bond motifs is 2. The molecule has 112 valence electrons. The Balaban J connectivity index is 1.74. The Hall–Kier alpha value is -3.14. The molecule has 0 atom stereocenters. The summed E-state index contributed by atoms with van der Waals surface area (Å²) in [6, 6.07) is 21.1. The summed E-state index contributed by atoms with van der Waals surface area (Å²) in [6.07, 6.45) is -0.0124. The molecule has 23 heavy (non-hydrogen) atoms. The predicted octanol–water partition coefficient (Wildman–Crippen LogP) is 3.92. The molecular weight excluding hydrogens is 290 g/mol. The standard InChI is InChI=1S/C19H13NO3/c21-18-16-10-14-8-4-5-9-15(14)11-17(16)20-19(23-18)22-12-13-6-2-1-3-7-13/h1-11H,12H2. The van der Waals surface area contributed by atoms with E-state index < -0.39 is 5.63 Å². The van der Waals surface area contributed by atoms with Gasteiger partial charge in [0.05, 0.1) is 10.9 Å². The third-order valence-corrected chi connectivity index (χ3v) is 3.68. The average molecular weight is 303 g/mol. The molecule has 1 aromatic heterocycles. The molecule has 0 N–H and O–H groups in total. The molecule has 0 aliphatic heterocycles. The molecule has 1 heterocycles. The monoisotopic (exact) mass is 303 g/mol. The van der Waals surface area contributed by atoms with Gasteiger partial charge in [0.1, 0.15) is 6.61 Å². The lowest BCUT2D eigenvalue weighted by Gasteiger charge is -2.05. The number of hydrogen-bond acceptors (Lipinski definition) is 4. The van der Waals surface area contributed by atoms with Crippen LogP contribution in [0.4, 0.5) is 0 Å². The minimum absolute atomic E-state index is 0.0124. The zero-order valence-corrected chi connectivity index (χ0v) is 12.2. The summed E-state index contributed by atoms with van der Waals surface area (Å²) in [5, 5.41) is 2.45. The molecule has 0 spiro atoms. The van der Waals surface area contributed by atoms with Crippen molar-refractivity contribution in [3.05, 3.63) is 82.7 Å². The van der Waals surface area contributed by atoms with Gasteiger partial charge in [-0.25, -0.2) is 4.79 Å². The van der Waals surface area contributed by atoms with Crippen LogP contribution in [0, 0.1) is 0 Å². The van der Waals surface area contributed by atoms with Gasteiger partial charge in [-0.3, -0.25) is 0 Å². The van der Waals surface area contributed by atoms with Crippen molar-refractivity contribution >= 4 is 21.7 Å². The highest BCUT2D eigenvalue weighted by Gasteiger charge is 2.09. The number of aromatic nitrogens is 1. The van der Waals surface area contributed by atoms with Gasteiger partial charge in [-0.15, -0.1) is 0 Å². The van der Waals surface area contributed by atoms with E-state index in [1.807, 2.05) is 60.7 Å². The normalized spacial score (nSPS) is 11.0. The van der Waals surface area contributed by atoms with E-state index in [1.165, 1.54) is 0 Å². The van der Waals surface area contributed by atoms with Gasteiger partial charge < -0.3 is 9.15 Å². The van der Waals surface area contributed by atoms with E-state index in [1.54, 1.807) is 6.07 Å². The molecule has 0 unspecified atom stereocenters. The first-order valence-corrected chi connectivity index (χ1v) is 7.30. The van der Waals surface area contributed by atoms with E-state index in [0.29, 0.717) is 17.5 Å². The van der Waals surface area contributed by atoms with Crippen LogP contribution in [0.5, 0.6) is 6.08 Å². The Morgan fingerprint density at radius 3 is 2.39 bits per heavy atom. The van der Waals surface area contributed by atoms with Gasteiger partial charge in [0, 0.05) is 0 Å². The molecular formula is C19H13NO3. The van der Waals surface area contributed by atoms with E-state index in [9.17, 15) is 4.79 Å². The van der Waals surface area contributed by atoms with Gasteiger partial charge in [-0.1, -0.05) is 54.6 Å². The minimum atomic E-state index is -0.441. The maximum absolute atomic E-state index is 12.2. The quantitative estimate of drug-likeness (QED) is 0.538. The van der Waals surface area contributed by atoms with Gasteiger partial charge in [-0.2, -0.15) is 4.98 Å². The molecule has 0 aliphatic rings. The Kier molecular flexibility index (Phi) is 3.27. The third-order valence-electron chi connectivity index (χ3n) is 3.68. The molecule has 0 saturated heterocycles. The van der Waals surface area contributed by atoms with Crippen LogP contribution in [0.15, 0.2) is 75.9 Å². The molecule has 0 aliphatic carbocycles. The predicted molar refractivity (Wildman–Crippen MR) is 88.6 cm³/mol. The summed E-state index contributed by atoms with van der Waals surface area (Å²) in [4.78, 5) is 16.5. The van der Waals surface area contributed by atoms with Crippen molar-refractivity contribution < 1.29 is 9.15 Å². The number of benzene rings is 3. The summed E-state index contributed by atoms with van der Waals surface area (Å²) in [5.41, 5.74) is 1.11. The second-order valence-electron chi connectivity index (χ2n) is 5.26. The second kappa shape index (κ2) is 5.57. The van der Waals surface area contributed by atoms with Gasteiger partial charge in [-0.05, 0) is 28.5 Å². The molecule has 0 bridgehead atoms. The maximum Gasteiger partial charge on any atom is 0.397 e. The van der Waals surface area contributed by atoms with E-state index in [0.717, 1.165) is 16.3 Å². The van der Waals surface area contributed by atoms with Crippen molar-refractivity contribution in [3.63, 3.8) is 0 Å². The second-order valence-corrected chi connectivity index (χ2v) is 5.26. The van der Waals surface area contributed by atoms with E-state index in [-0.39, 0.29) is 6.08 Å². The zero-order chi connectivity index (χ0) is 15.6. The lowest BCUT2D eigenvalue weighted by molar-refractivity contribution is 0.207. The van der Waals surface area contributed by atoms with Crippen LogP contribution >= 0.6 is 0 Å². The van der Waals surface area contributed by atoms with Crippen molar-refractivity contribution in [2.45, 2.75) is 6.61 Å².